The summed E-state index contributed by atoms with van der Waals surface area (Å²) in [4.78, 5) is 14.5. The molecule has 1 unspecified atom stereocenters. The highest BCUT2D eigenvalue weighted by atomic mass is 32.2. The van der Waals surface area contributed by atoms with E-state index in [-0.39, 0.29) is 5.91 Å². The third-order valence-electron chi connectivity index (χ3n) is 4.34. The van der Waals surface area contributed by atoms with E-state index >= 15 is 0 Å². The van der Waals surface area contributed by atoms with Crippen LogP contribution in [0.15, 0.2) is 47.1 Å². The van der Waals surface area contributed by atoms with Crippen molar-refractivity contribution in [1.82, 2.24) is 4.90 Å². The Morgan fingerprint density at radius 3 is 2.83 bits per heavy atom. The predicted molar refractivity (Wildman–Crippen MR) is 96.4 cm³/mol. The van der Waals surface area contributed by atoms with Crippen LogP contribution in [0.3, 0.4) is 0 Å². The van der Waals surface area contributed by atoms with E-state index in [1.807, 2.05) is 53.1 Å². The molecule has 4 nitrogen and oxygen atoms in total. The van der Waals surface area contributed by atoms with Gasteiger partial charge in [0.25, 0.3) is 0 Å². The van der Waals surface area contributed by atoms with Gasteiger partial charge in [-0.2, -0.15) is 0 Å². The van der Waals surface area contributed by atoms with Gasteiger partial charge in [-0.3, -0.25) is 4.79 Å². The van der Waals surface area contributed by atoms with Crippen LogP contribution in [0.5, 0.6) is 5.75 Å². The third-order valence-corrected chi connectivity index (χ3v) is 5.63. The molecule has 0 spiro atoms. The van der Waals surface area contributed by atoms with E-state index in [2.05, 4.69) is 0 Å². The molecule has 0 radical (unpaired) electrons. The van der Waals surface area contributed by atoms with E-state index in [0.29, 0.717) is 11.7 Å². The number of carbonyl (C=O) groups excluding carboxylic acids is 1. The topological polar surface area (TPSA) is 42.7 Å². The maximum absolute atomic E-state index is 12.5. The summed E-state index contributed by atoms with van der Waals surface area (Å²) in [6, 6.07) is 11.9. The zero-order valence-corrected chi connectivity index (χ0v) is 14.8. The molecular weight excluding hydrogens is 322 g/mol. The fourth-order valence-electron chi connectivity index (χ4n) is 2.92. The Balaban J connectivity index is 1.49. The van der Waals surface area contributed by atoms with Gasteiger partial charge in [-0.05, 0) is 42.7 Å². The first-order valence-corrected chi connectivity index (χ1v) is 9.37. The van der Waals surface area contributed by atoms with Crippen molar-refractivity contribution in [2.75, 3.05) is 26.0 Å². The highest BCUT2D eigenvalue weighted by Crippen LogP contribution is 2.34. The molecule has 1 aliphatic rings. The maximum Gasteiger partial charge on any atom is 0.222 e. The summed E-state index contributed by atoms with van der Waals surface area (Å²) < 4.78 is 10.7. The average Bonchev–Trinajstić information content (AvgIpc) is 3.04. The number of carbonyl (C=O) groups is 1. The van der Waals surface area contributed by atoms with Gasteiger partial charge in [0.2, 0.25) is 5.91 Å². The number of rotatable bonds is 5. The minimum atomic E-state index is 0.242. The fourth-order valence-corrected chi connectivity index (χ4v) is 4.10. The van der Waals surface area contributed by atoms with E-state index in [9.17, 15) is 4.79 Å². The molecule has 0 aliphatic carbocycles. The second kappa shape index (κ2) is 8.29. The van der Waals surface area contributed by atoms with Crippen LogP contribution in [0, 0.1) is 0 Å². The lowest BCUT2D eigenvalue weighted by Gasteiger charge is -2.20. The molecule has 3 rings (SSSR count). The molecule has 0 bridgehead atoms. The number of furan rings is 1. The Morgan fingerprint density at radius 2 is 2.12 bits per heavy atom. The zero-order valence-electron chi connectivity index (χ0n) is 13.9. The monoisotopic (exact) mass is 345 g/mol. The molecule has 2 heterocycles. The molecule has 2 aromatic rings. The summed E-state index contributed by atoms with van der Waals surface area (Å²) in [7, 11) is 1.66. The number of hydrogen-bond acceptors (Lipinski definition) is 4. The molecule has 1 fully saturated rings. The third kappa shape index (κ3) is 4.35. The first-order valence-electron chi connectivity index (χ1n) is 8.32. The standard InChI is InChI=1S/C19H23NO3S/c1-22-16-7-4-15(5-8-16)6-9-19(21)20-11-10-18(24-14-12-20)17-3-2-13-23-17/h2-5,7-8,13,18H,6,9-12,14H2,1H3. The van der Waals surface area contributed by atoms with Crippen molar-refractivity contribution in [3.8, 4) is 5.75 Å². The summed E-state index contributed by atoms with van der Waals surface area (Å²) in [6.07, 6.45) is 4.00. The highest BCUT2D eigenvalue weighted by molar-refractivity contribution is 7.99. The number of methoxy groups -OCH3 is 1. The van der Waals surface area contributed by atoms with E-state index in [4.69, 9.17) is 9.15 Å². The number of ether oxygens (including phenoxy) is 1. The number of hydrogen-bond donors (Lipinski definition) is 0. The Kier molecular flexibility index (Phi) is 5.86. The van der Waals surface area contributed by atoms with Crippen LogP contribution in [0.4, 0.5) is 0 Å². The lowest BCUT2D eigenvalue weighted by Crippen LogP contribution is -2.33. The number of thioether (sulfide) groups is 1. The Hall–Kier alpha value is -1.88. The summed E-state index contributed by atoms with van der Waals surface area (Å²) in [6.45, 7) is 1.63. The van der Waals surface area contributed by atoms with Crippen molar-refractivity contribution in [1.29, 1.82) is 0 Å². The fraction of sp³-hybridized carbons (Fsp3) is 0.421. The SMILES string of the molecule is COc1ccc(CCC(=O)N2CCSC(c3ccco3)CC2)cc1. The van der Waals surface area contributed by atoms with E-state index < -0.39 is 0 Å². The second-order valence-corrected chi connectivity index (χ2v) is 7.20. The zero-order chi connectivity index (χ0) is 16.8. The molecule has 5 heteroatoms. The summed E-state index contributed by atoms with van der Waals surface area (Å²) in [5.74, 6) is 3.07. The molecule has 1 atom stereocenters. The molecule has 24 heavy (non-hydrogen) atoms. The largest absolute Gasteiger partial charge is 0.497 e. The van der Waals surface area contributed by atoms with Gasteiger partial charge in [-0.1, -0.05) is 12.1 Å². The summed E-state index contributed by atoms with van der Waals surface area (Å²) in [5, 5.41) is 0.361. The maximum atomic E-state index is 12.5. The van der Waals surface area contributed by atoms with Crippen LogP contribution < -0.4 is 4.74 Å². The van der Waals surface area contributed by atoms with Crippen LogP contribution in [-0.4, -0.2) is 36.8 Å². The molecule has 1 amide bonds. The molecule has 0 N–H and O–H groups in total. The quantitative estimate of drug-likeness (QED) is 0.823. The van der Waals surface area contributed by atoms with Crippen LogP contribution in [0.25, 0.3) is 0 Å². The van der Waals surface area contributed by atoms with E-state index in [1.54, 1.807) is 13.4 Å². The van der Waals surface area contributed by atoms with Crippen LogP contribution in [0.2, 0.25) is 0 Å². The van der Waals surface area contributed by atoms with E-state index in [1.165, 1.54) is 5.56 Å². The van der Waals surface area contributed by atoms with E-state index in [0.717, 1.165) is 43.2 Å². The van der Waals surface area contributed by atoms with Gasteiger partial charge in [-0.25, -0.2) is 0 Å². The lowest BCUT2D eigenvalue weighted by molar-refractivity contribution is -0.130. The number of benzene rings is 1. The minimum absolute atomic E-state index is 0.242. The molecule has 1 saturated heterocycles. The van der Waals surface area contributed by atoms with Crippen LogP contribution in [0.1, 0.15) is 29.4 Å². The van der Waals surface area contributed by atoms with Crippen molar-refractivity contribution in [2.45, 2.75) is 24.5 Å². The molecule has 1 aliphatic heterocycles. The highest BCUT2D eigenvalue weighted by Gasteiger charge is 2.23. The Bertz CT molecular complexity index is 639. The van der Waals surface area contributed by atoms with Gasteiger partial charge in [0.15, 0.2) is 0 Å². The molecule has 128 valence electrons. The lowest BCUT2D eigenvalue weighted by atomic mass is 10.1. The smallest absolute Gasteiger partial charge is 0.222 e. The van der Waals surface area contributed by atoms with Crippen molar-refractivity contribution in [3.05, 3.63) is 54.0 Å². The van der Waals surface area contributed by atoms with Crippen molar-refractivity contribution >= 4 is 17.7 Å². The Labute approximate surface area is 147 Å². The molecular formula is C19H23NO3S. The van der Waals surface area contributed by atoms with Gasteiger partial charge in [0.1, 0.15) is 11.5 Å². The van der Waals surface area contributed by atoms with Crippen LogP contribution in [-0.2, 0) is 11.2 Å². The molecule has 1 aromatic carbocycles. The first-order chi connectivity index (χ1) is 11.8. The van der Waals surface area contributed by atoms with Crippen molar-refractivity contribution < 1.29 is 13.9 Å². The molecule has 0 saturated carbocycles. The van der Waals surface area contributed by atoms with Gasteiger partial charge < -0.3 is 14.1 Å². The summed E-state index contributed by atoms with van der Waals surface area (Å²) >= 11 is 1.88. The van der Waals surface area contributed by atoms with Crippen molar-refractivity contribution in [3.63, 3.8) is 0 Å². The van der Waals surface area contributed by atoms with Crippen molar-refractivity contribution in [2.24, 2.45) is 0 Å². The minimum Gasteiger partial charge on any atom is -0.497 e. The first kappa shape index (κ1) is 17.0. The number of nitrogens with zero attached hydrogens (tertiary/aromatic N) is 1. The van der Waals surface area contributed by atoms with Crippen LogP contribution >= 0.6 is 11.8 Å². The average molecular weight is 345 g/mol. The van der Waals surface area contributed by atoms with Gasteiger partial charge in [0.05, 0.1) is 18.6 Å². The van der Waals surface area contributed by atoms with Gasteiger partial charge in [0, 0.05) is 25.3 Å². The van der Waals surface area contributed by atoms with Gasteiger partial charge in [-0.15, -0.1) is 11.8 Å². The number of amides is 1. The number of aryl methyl sites for hydroxylation is 1. The second-order valence-electron chi connectivity index (χ2n) is 5.89. The normalized spacial score (nSPS) is 18.2. The summed E-state index contributed by atoms with van der Waals surface area (Å²) in [5.41, 5.74) is 1.17. The van der Waals surface area contributed by atoms with Gasteiger partial charge >= 0.3 is 0 Å². The predicted octanol–water partition coefficient (Wildman–Crippen LogP) is 3.93. The Morgan fingerprint density at radius 1 is 1.29 bits per heavy atom. The molecule has 1 aromatic heterocycles.